The molecule has 2 atom stereocenters. The summed E-state index contributed by atoms with van der Waals surface area (Å²) >= 11 is 0. The first-order valence-electron chi connectivity index (χ1n) is 6.63. The van der Waals surface area contributed by atoms with Gasteiger partial charge in [-0.2, -0.15) is 0 Å². The molecule has 0 aromatic heterocycles. The van der Waals surface area contributed by atoms with Gasteiger partial charge in [-0.25, -0.2) is 0 Å². The van der Waals surface area contributed by atoms with Gasteiger partial charge in [-0.05, 0) is 38.6 Å². The van der Waals surface area contributed by atoms with Gasteiger partial charge in [0.2, 0.25) is 5.91 Å². The molecule has 5 nitrogen and oxygen atoms in total. The molecule has 1 heterocycles. The van der Waals surface area contributed by atoms with E-state index in [0.717, 1.165) is 25.8 Å². The van der Waals surface area contributed by atoms with Crippen molar-refractivity contribution in [1.29, 1.82) is 0 Å². The van der Waals surface area contributed by atoms with Crippen molar-refractivity contribution in [3.63, 3.8) is 0 Å². The summed E-state index contributed by atoms with van der Waals surface area (Å²) < 4.78 is 0. The van der Waals surface area contributed by atoms with E-state index in [0.29, 0.717) is 0 Å². The first kappa shape index (κ1) is 15.0. The van der Waals surface area contributed by atoms with Crippen LogP contribution in [0.2, 0.25) is 0 Å². The summed E-state index contributed by atoms with van der Waals surface area (Å²) in [5.74, 6) is -0.852. The van der Waals surface area contributed by atoms with Crippen molar-refractivity contribution in [1.82, 2.24) is 10.6 Å². The molecule has 0 aliphatic carbocycles. The first-order chi connectivity index (χ1) is 8.35. The Bertz CT molecular complexity index is 309. The Morgan fingerprint density at radius 2 is 2.06 bits per heavy atom. The molecular weight excluding hydrogens is 232 g/mol. The van der Waals surface area contributed by atoms with Crippen molar-refractivity contribution in [2.75, 3.05) is 6.54 Å². The molecule has 104 valence electrons. The average Bonchev–Trinajstić information content (AvgIpc) is 2.28. The van der Waals surface area contributed by atoms with Crippen molar-refractivity contribution in [2.45, 2.75) is 58.0 Å². The molecule has 0 aromatic rings. The minimum absolute atomic E-state index is 0.0283. The number of carboxylic acid groups (broad SMARTS) is 1. The van der Waals surface area contributed by atoms with Crippen molar-refractivity contribution in [2.24, 2.45) is 5.92 Å². The highest BCUT2D eigenvalue weighted by molar-refractivity contribution is 5.86. The molecule has 1 amide bonds. The van der Waals surface area contributed by atoms with Gasteiger partial charge in [0.05, 0.1) is 12.0 Å². The van der Waals surface area contributed by atoms with Crippen LogP contribution in [0.3, 0.4) is 0 Å². The number of rotatable bonds is 5. The third-order valence-electron chi connectivity index (χ3n) is 3.64. The average molecular weight is 256 g/mol. The van der Waals surface area contributed by atoms with E-state index in [1.165, 1.54) is 0 Å². The fourth-order valence-electron chi connectivity index (χ4n) is 2.22. The molecule has 1 aliphatic rings. The van der Waals surface area contributed by atoms with Crippen LogP contribution in [0.4, 0.5) is 0 Å². The monoisotopic (exact) mass is 256 g/mol. The SMILES string of the molecule is CC(C)C(CC(=O)O)NC(=O)C1(C)CCCCN1. The number of hydrogen-bond donors (Lipinski definition) is 3. The van der Waals surface area contributed by atoms with Crippen LogP contribution in [0, 0.1) is 5.92 Å². The van der Waals surface area contributed by atoms with Gasteiger partial charge in [0.1, 0.15) is 0 Å². The fraction of sp³-hybridized carbons (Fsp3) is 0.846. The van der Waals surface area contributed by atoms with Crippen LogP contribution in [0.15, 0.2) is 0 Å². The van der Waals surface area contributed by atoms with Crippen LogP contribution in [-0.2, 0) is 9.59 Å². The van der Waals surface area contributed by atoms with Crippen LogP contribution in [-0.4, -0.2) is 35.1 Å². The quantitative estimate of drug-likeness (QED) is 0.689. The minimum Gasteiger partial charge on any atom is -0.481 e. The number of aliphatic carboxylic acids is 1. The molecule has 1 fully saturated rings. The zero-order valence-electron chi connectivity index (χ0n) is 11.5. The van der Waals surface area contributed by atoms with Crippen LogP contribution in [0.1, 0.15) is 46.5 Å². The van der Waals surface area contributed by atoms with E-state index in [1.54, 1.807) is 0 Å². The first-order valence-corrected chi connectivity index (χ1v) is 6.63. The van der Waals surface area contributed by atoms with Gasteiger partial charge in [0.25, 0.3) is 0 Å². The highest BCUT2D eigenvalue weighted by Crippen LogP contribution is 2.19. The Morgan fingerprint density at radius 3 is 2.50 bits per heavy atom. The number of carboxylic acids is 1. The summed E-state index contributed by atoms with van der Waals surface area (Å²) in [5, 5.41) is 15.0. The second kappa shape index (κ2) is 6.18. The normalized spacial score (nSPS) is 25.8. The molecule has 1 aliphatic heterocycles. The fourth-order valence-corrected chi connectivity index (χ4v) is 2.22. The third-order valence-corrected chi connectivity index (χ3v) is 3.64. The Hall–Kier alpha value is -1.10. The minimum atomic E-state index is -0.879. The van der Waals surface area contributed by atoms with Crippen LogP contribution >= 0.6 is 0 Å². The molecule has 5 heteroatoms. The predicted octanol–water partition coefficient (Wildman–Crippen LogP) is 1.13. The lowest BCUT2D eigenvalue weighted by Crippen LogP contribution is -2.59. The van der Waals surface area contributed by atoms with Crippen molar-refractivity contribution in [3.05, 3.63) is 0 Å². The summed E-state index contributed by atoms with van der Waals surface area (Å²) in [6.07, 6.45) is 2.89. The molecule has 0 radical (unpaired) electrons. The number of amides is 1. The highest BCUT2D eigenvalue weighted by atomic mass is 16.4. The Morgan fingerprint density at radius 1 is 1.39 bits per heavy atom. The summed E-state index contributed by atoms with van der Waals surface area (Å²) in [6, 6.07) is -0.310. The number of carbonyl (C=O) groups excluding carboxylic acids is 1. The van der Waals surface area contributed by atoms with Gasteiger partial charge in [0.15, 0.2) is 0 Å². The third kappa shape index (κ3) is 3.98. The summed E-state index contributed by atoms with van der Waals surface area (Å²) in [5.41, 5.74) is -0.552. The van der Waals surface area contributed by atoms with Crippen LogP contribution < -0.4 is 10.6 Å². The van der Waals surface area contributed by atoms with Gasteiger partial charge < -0.3 is 15.7 Å². The molecule has 1 saturated heterocycles. The molecule has 2 unspecified atom stereocenters. The van der Waals surface area contributed by atoms with Crippen LogP contribution in [0.25, 0.3) is 0 Å². The topological polar surface area (TPSA) is 78.4 Å². The maximum Gasteiger partial charge on any atom is 0.305 e. The standard InChI is InChI=1S/C13H24N2O3/c1-9(2)10(8-11(16)17)15-12(18)13(3)6-4-5-7-14-13/h9-10,14H,4-8H2,1-3H3,(H,15,18)(H,16,17). The lowest BCUT2D eigenvalue weighted by atomic mass is 9.89. The van der Waals surface area contributed by atoms with E-state index in [1.807, 2.05) is 20.8 Å². The van der Waals surface area contributed by atoms with Crippen LogP contribution in [0.5, 0.6) is 0 Å². The number of carbonyl (C=O) groups is 2. The zero-order chi connectivity index (χ0) is 13.8. The largest absolute Gasteiger partial charge is 0.481 e. The zero-order valence-corrected chi connectivity index (χ0v) is 11.5. The molecule has 1 rings (SSSR count). The van der Waals surface area contributed by atoms with Gasteiger partial charge in [-0.15, -0.1) is 0 Å². The van der Waals surface area contributed by atoms with Crippen molar-refractivity contribution < 1.29 is 14.7 Å². The van der Waals surface area contributed by atoms with Gasteiger partial charge in [0, 0.05) is 6.04 Å². The smallest absolute Gasteiger partial charge is 0.305 e. The predicted molar refractivity (Wildman–Crippen MR) is 69.3 cm³/mol. The number of piperidine rings is 1. The summed E-state index contributed by atoms with van der Waals surface area (Å²) in [4.78, 5) is 23.0. The lowest BCUT2D eigenvalue weighted by Gasteiger charge is -2.35. The van der Waals surface area contributed by atoms with E-state index in [2.05, 4.69) is 10.6 Å². The molecule has 0 spiro atoms. The summed E-state index contributed by atoms with van der Waals surface area (Å²) in [6.45, 7) is 6.57. The van der Waals surface area contributed by atoms with E-state index in [4.69, 9.17) is 5.11 Å². The van der Waals surface area contributed by atoms with Gasteiger partial charge in [-0.3, -0.25) is 9.59 Å². The van der Waals surface area contributed by atoms with E-state index >= 15 is 0 Å². The molecular formula is C13H24N2O3. The van der Waals surface area contributed by atoms with Crippen molar-refractivity contribution >= 4 is 11.9 Å². The Balaban J connectivity index is 2.62. The second-order valence-corrected chi connectivity index (χ2v) is 5.64. The van der Waals surface area contributed by atoms with Crippen molar-refractivity contribution in [3.8, 4) is 0 Å². The summed E-state index contributed by atoms with van der Waals surface area (Å²) in [7, 11) is 0. The number of nitrogens with one attached hydrogen (secondary N) is 2. The van der Waals surface area contributed by atoms with Gasteiger partial charge in [-0.1, -0.05) is 13.8 Å². The van der Waals surface area contributed by atoms with Gasteiger partial charge >= 0.3 is 5.97 Å². The molecule has 0 bridgehead atoms. The second-order valence-electron chi connectivity index (χ2n) is 5.64. The number of hydrogen-bond acceptors (Lipinski definition) is 3. The lowest BCUT2D eigenvalue weighted by molar-refractivity contribution is -0.138. The maximum atomic E-state index is 12.2. The Kier molecular flexibility index (Phi) is 5.14. The van der Waals surface area contributed by atoms with E-state index in [9.17, 15) is 9.59 Å². The maximum absolute atomic E-state index is 12.2. The van der Waals surface area contributed by atoms with E-state index in [-0.39, 0.29) is 24.3 Å². The molecule has 0 saturated carbocycles. The Labute approximate surface area is 108 Å². The molecule has 0 aromatic carbocycles. The molecule has 3 N–H and O–H groups in total. The molecule has 18 heavy (non-hydrogen) atoms. The highest BCUT2D eigenvalue weighted by Gasteiger charge is 2.35. The van der Waals surface area contributed by atoms with E-state index < -0.39 is 11.5 Å².